The van der Waals surface area contributed by atoms with Crippen LogP contribution in [0.4, 0.5) is 0 Å². The van der Waals surface area contributed by atoms with Crippen molar-refractivity contribution >= 4 is 16.6 Å². The van der Waals surface area contributed by atoms with E-state index in [2.05, 4.69) is 6.92 Å². The van der Waals surface area contributed by atoms with Crippen LogP contribution in [0.1, 0.15) is 52.4 Å². The molecule has 0 aliphatic heterocycles. The van der Waals surface area contributed by atoms with Crippen LogP contribution >= 0.6 is 0 Å². The molecule has 3 heteroatoms. The molecule has 15 heavy (non-hydrogen) atoms. The van der Waals surface area contributed by atoms with E-state index in [1.807, 2.05) is 6.92 Å². The minimum absolute atomic E-state index is 0.175. The topological polar surface area (TPSA) is 34.1 Å². The molecule has 2 nitrogen and oxygen atoms in total. The Morgan fingerprint density at radius 3 is 2.73 bits per heavy atom. The average molecular weight is 230 g/mol. The highest BCUT2D eigenvalue weighted by atomic mass is 32.2. The molecule has 0 spiro atoms. The Morgan fingerprint density at radius 2 is 2.13 bits per heavy atom. The fraction of sp³-hybridized carbons (Fsp3) is 0.917. The predicted octanol–water partition coefficient (Wildman–Crippen LogP) is 2.68. The van der Waals surface area contributed by atoms with Gasteiger partial charge in [0.1, 0.15) is 5.78 Å². The third-order valence-electron chi connectivity index (χ3n) is 3.09. The highest BCUT2D eigenvalue weighted by Crippen LogP contribution is 2.27. The van der Waals surface area contributed by atoms with E-state index >= 15 is 0 Å². The van der Waals surface area contributed by atoms with Gasteiger partial charge in [-0.25, -0.2) is 0 Å². The van der Waals surface area contributed by atoms with E-state index in [1.54, 1.807) is 0 Å². The van der Waals surface area contributed by atoms with E-state index in [1.165, 1.54) is 12.8 Å². The van der Waals surface area contributed by atoms with Crippen molar-refractivity contribution in [1.29, 1.82) is 0 Å². The molecule has 0 saturated heterocycles. The second-order valence-electron chi connectivity index (χ2n) is 4.71. The summed E-state index contributed by atoms with van der Waals surface area (Å²) in [7, 11) is -0.908. The summed E-state index contributed by atoms with van der Waals surface area (Å²) in [4.78, 5) is 11.4. The molecule has 3 atom stereocenters. The lowest BCUT2D eigenvalue weighted by Gasteiger charge is -2.25. The van der Waals surface area contributed by atoms with Crippen molar-refractivity contribution in [3.63, 3.8) is 0 Å². The molecule has 0 heterocycles. The normalized spacial score (nSPS) is 28.7. The third-order valence-corrected chi connectivity index (χ3v) is 4.87. The van der Waals surface area contributed by atoms with Crippen LogP contribution in [-0.4, -0.2) is 21.0 Å². The number of Topliss-reactive ketones (excluding diaryl/α,β-unsaturated/α-hetero) is 1. The SMILES string of the molecule is CCCC(=O)CS(=O)C1CCCC(C)C1. The molecule has 0 amide bonds. The van der Waals surface area contributed by atoms with Crippen LogP contribution in [0.5, 0.6) is 0 Å². The molecular formula is C12H22O2S. The lowest BCUT2D eigenvalue weighted by atomic mass is 9.91. The maximum atomic E-state index is 11.9. The van der Waals surface area contributed by atoms with Crippen LogP contribution < -0.4 is 0 Å². The number of rotatable bonds is 5. The lowest BCUT2D eigenvalue weighted by Crippen LogP contribution is -2.27. The van der Waals surface area contributed by atoms with Crippen LogP contribution in [0.25, 0.3) is 0 Å². The number of hydrogen-bond acceptors (Lipinski definition) is 2. The van der Waals surface area contributed by atoms with E-state index in [0.29, 0.717) is 18.1 Å². The van der Waals surface area contributed by atoms with Gasteiger partial charge < -0.3 is 0 Å². The molecule has 0 bridgehead atoms. The van der Waals surface area contributed by atoms with Gasteiger partial charge in [-0.3, -0.25) is 9.00 Å². The van der Waals surface area contributed by atoms with Gasteiger partial charge in [-0.1, -0.05) is 26.7 Å². The maximum Gasteiger partial charge on any atom is 0.145 e. The number of carbonyl (C=O) groups excluding carboxylic acids is 1. The molecule has 0 aromatic carbocycles. The van der Waals surface area contributed by atoms with Crippen LogP contribution in [-0.2, 0) is 15.6 Å². The first-order valence-corrected chi connectivity index (χ1v) is 7.40. The van der Waals surface area contributed by atoms with Crippen molar-refractivity contribution in [1.82, 2.24) is 0 Å². The largest absolute Gasteiger partial charge is 0.299 e. The Balaban J connectivity index is 2.35. The van der Waals surface area contributed by atoms with Crippen LogP contribution in [0, 0.1) is 5.92 Å². The second kappa shape index (κ2) is 6.41. The van der Waals surface area contributed by atoms with Gasteiger partial charge in [0.15, 0.2) is 0 Å². The van der Waals surface area contributed by atoms with Gasteiger partial charge in [0, 0.05) is 22.5 Å². The number of hydrogen-bond donors (Lipinski definition) is 0. The summed E-state index contributed by atoms with van der Waals surface area (Å²) in [6, 6.07) is 0. The molecule has 1 fully saturated rings. The Bertz CT molecular complexity index is 238. The Hall–Kier alpha value is -0.180. The standard InChI is InChI=1S/C12H22O2S/c1-3-5-11(13)9-15(14)12-7-4-6-10(2)8-12/h10,12H,3-9H2,1-2H3. The zero-order valence-corrected chi connectivity index (χ0v) is 10.6. The smallest absolute Gasteiger partial charge is 0.145 e. The number of ketones is 1. The van der Waals surface area contributed by atoms with Crippen molar-refractivity contribution in [3.8, 4) is 0 Å². The summed E-state index contributed by atoms with van der Waals surface area (Å²) in [5, 5.41) is 0.287. The summed E-state index contributed by atoms with van der Waals surface area (Å²) < 4.78 is 11.9. The van der Waals surface area contributed by atoms with Gasteiger partial charge in [0.25, 0.3) is 0 Å². The van der Waals surface area contributed by atoms with Gasteiger partial charge in [0.05, 0.1) is 5.75 Å². The molecular weight excluding hydrogens is 208 g/mol. The van der Waals surface area contributed by atoms with Crippen LogP contribution in [0.2, 0.25) is 0 Å². The van der Waals surface area contributed by atoms with Crippen molar-refractivity contribution < 1.29 is 9.00 Å². The molecule has 1 aliphatic rings. The first kappa shape index (κ1) is 12.9. The quantitative estimate of drug-likeness (QED) is 0.727. The van der Waals surface area contributed by atoms with E-state index < -0.39 is 10.8 Å². The Morgan fingerprint density at radius 1 is 1.40 bits per heavy atom. The summed E-state index contributed by atoms with van der Waals surface area (Å²) in [5.74, 6) is 1.16. The van der Waals surface area contributed by atoms with Gasteiger partial charge >= 0.3 is 0 Å². The maximum absolute atomic E-state index is 11.9. The highest BCUT2D eigenvalue weighted by Gasteiger charge is 2.24. The molecule has 1 aliphatic carbocycles. The number of carbonyl (C=O) groups is 1. The van der Waals surface area contributed by atoms with Crippen LogP contribution in [0.3, 0.4) is 0 Å². The lowest BCUT2D eigenvalue weighted by molar-refractivity contribution is -0.116. The third kappa shape index (κ3) is 4.45. The molecule has 1 saturated carbocycles. The van der Waals surface area contributed by atoms with Gasteiger partial charge in [-0.2, -0.15) is 0 Å². The van der Waals surface area contributed by atoms with E-state index in [4.69, 9.17) is 0 Å². The van der Waals surface area contributed by atoms with Gasteiger partial charge in [-0.05, 0) is 25.2 Å². The molecule has 0 N–H and O–H groups in total. The fourth-order valence-corrected chi connectivity index (χ4v) is 3.91. The first-order valence-electron chi connectivity index (χ1n) is 6.02. The van der Waals surface area contributed by atoms with E-state index in [0.717, 1.165) is 19.3 Å². The highest BCUT2D eigenvalue weighted by molar-refractivity contribution is 7.86. The molecule has 3 unspecified atom stereocenters. The first-order chi connectivity index (χ1) is 7.13. The fourth-order valence-electron chi connectivity index (χ4n) is 2.24. The minimum atomic E-state index is -0.908. The van der Waals surface area contributed by atoms with Crippen molar-refractivity contribution in [2.45, 2.75) is 57.6 Å². The summed E-state index contributed by atoms with van der Waals surface area (Å²) in [6.07, 6.45) is 6.00. The van der Waals surface area contributed by atoms with Crippen molar-refractivity contribution in [2.75, 3.05) is 5.75 Å². The van der Waals surface area contributed by atoms with Crippen molar-refractivity contribution in [2.24, 2.45) is 5.92 Å². The van der Waals surface area contributed by atoms with Crippen molar-refractivity contribution in [3.05, 3.63) is 0 Å². The van der Waals surface area contributed by atoms with Crippen LogP contribution in [0.15, 0.2) is 0 Å². The molecule has 88 valence electrons. The monoisotopic (exact) mass is 230 g/mol. The van der Waals surface area contributed by atoms with E-state index in [9.17, 15) is 9.00 Å². The molecule has 1 rings (SSSR count). The summed E-state index contributed by atoms with van der Waals surface area (Å²) in [6.45, 7) is 4.21. The predicted molar refractivity (Wildman–Crippen MR) is 64.3 cm³/mol. The van der Waals surface area contributed by atoms with E-state index in [-0.39, 0.29) is 11.0 Å². The average Bonchev–Trinajstić information content (AvgIpc) is 2.18. The zero-order valence-electron chi connectivity index (χ0n) is 9.83. The Kier molecular flexibility index (Phi) is 5.51. The molecule has 0 aromatic rings. The Labute approximate surface area is 95.3 Å². The zero-order chi connectivity index (χ0) is 11.3. The van der Waals surface area contributed by atoms with Gasteiger partial charge in [0.2, 0.25) is 0 Å². The molecule has 0 radical (unpaired) electrons. The second-order valence-corrected chi connectivity index (χ2v) is 6.42. The summed E-state index contributed by atoms with van der Waals surface area (Å²) in [5.41, 5.74) is 0. The molecule has 0 aromatic heterocycles. The van der Waals surface area contributed by atoms with Gasteiger partial charge in [-0.15, -0.1) is 0 Å². The summed E-state index contributed by atoms with van der Waals surface area (Å²) >= 11 is 0. The minimum Gasteiger partial charge on any atom is -0.299 e.